The zero-order valence-corrected chi connectivity index (χ0v) is 12.1. The second kappa shape index (κ2) is 4.24. The Labute approximate surface area is 119 Å². The first-order valence-corrected chi connectivity index (χ1v) is 7.42. The van der Waals surface area contributed by atoms with Crippen LogP contribution in [0.3, 0.4) is 0 Å². The molecule has 0 amide bonds. The molecule has 1 fully saturated rings. The number of carbonyl (C=O) groups excluding carboxylic acids is 1. The lowest BCUT2D eigenvalue weighted by Gasteiger charge is -2.55. The van der Waals surface area contributed by atoms with Gasteiger partial charge in [0.2, 0.25) is 0 Å². The van der Waals surface area contributed by atoms with Crippen LogP contribution in [0.25, 0.3) is 0 Å². The molecule has 3 nitrogen and oxygen atoms in total. The van der Waals surface area contributed by atoms with Crippen LogP contribution in [0, 0.1) is 11.3 Å². The number of carboxylic acids is 1. The van der Waals surface area contributed by atoms with Gasteiger partial charge in [0, 0.05) is 11.4 Å². The Kier molecular flexibility index (Phi) is 2.86. The van der Waals surface area contributed by atoms with Crippen molar-refractivity contribution in [1.29, 1.82) is 0 Å². The van der Waals surface area contributed by atoms with Crippen LogP contribution in [0.5, 0.6) is 5.75 Å². The molecule has 0 heterocycles. The van der Waals surface area contributed by atoms with Gasteiger partial charge in [0.15, 0.2) is 0 Å². The molecule has 0 spiro atoms. The fraction of sp³-hybridized carbons (Fsp3) is 0.588. The van der Waals surface area contributed by atoms with E-state index in [0.29, 0.717) is 6.42 Å². The van der Waals surface area contributed by atoms with Gasteiger partial charge in [0.25, 0.3) is 0 Å². The number of phenolic OH excluding ortho intramolecular Hbond substituents is 1. The van der Waals surface area contributed by atoms with Crippen LogP contribution in [-0.2, 0) is 16.6 Å². The lowest BCUT2D eigenvalue weighted by atomic mass is 9.50. The number of hydrogen-bond acceptors (Lipinski definition) is 3. The summed E-state index contributed by atoms with van der Waals surface area (Å²) in [5, 5.41) is 21.5. The summed E-state index contributed by atoms with van der Waals surface area (Å²) < 4.78 is 0. The zero-order chi connectivity index (χ0) is 14.5. The van der Waals surface area contributed by atoms with Crippen molar-refractivity contribution >= 4 is 5.97 Å². The average Bonchev–Trinajstić information content (AvgIpc) is 2.39. The van der Waals surface area contributed by atoms with E-state index in [1.54, 1.807) is 6.07 Å². The molecule has 20 heavy (non-hydrogen) atoms. The van der Waals surface area contributed by atoms with E-state index in [9.17, 15) is 15.0 Å². The van der Waals surface area contributed by atoms with Gasteiger partial charge in [-0.2, -0.15) is 0 Å². The molecular weight excluding hydrogens is 252 g/mol. The molecule has 3 atom stereocenters. The van der Waals surface area contributed by atoms with Gasteiger partial charge in [-0.05, 0) is 60.3 Å². The lowest BCUT2D eigenvalue weighted by Crippen LogP contribution is -2.56. The van der Waals surface area contributed by atoms with Crippen LogP contribution in [0.15, 0.2) is 18.2 Å². The lowest BCUT2D eigenvalue weighted by molar-refractivity contribution is -0.324. The summed E-state index contributed by atoms with van der Waals surface area (Å²) in [4.78, 5) is 11.7. The molecule has 0 saturated heterocycles. The molecule has 0 bridgehead atoms. The van der Waals surface area contributed by atoms with Gasteiger partial charge in [0.05, 0.1) is 0 Å². The maximum Gasteiger partial charge on any atom is 0.115 e. The third-order valence-corrected chi connectivity index (χ3v) is 5.81. The number of aryl methyl sites for hydroxylation is 1. The van der Waals surface area contributed by atoms with E-state index in [-0.39, 0.29) is 17.1 Å². The van der Waals surface area contributed by atoms with Gasteiger partial charge in [0.1, 0.15) is 5.75 Å². The number of carbonyl (C=O) groups is 1. The average molecular weight is 273 g/mol. The number of carboxylic acid groups (broad SMARTS) is 1. The molecule has 3 rings (SSSR count). The van der Waals surface area contributed by atoms with Crippen LogP contribution in [0.1, 0.15) is 50.7 Å². The van der Waals surface area contributed by atoms with Crippen LogP contribution < -0.4 is 5.11 Å². The first-order valence-electron chi connectivity index (χ1n) is 7.42. The maximum atomic E-state index is 11.7. The summed E-state index contributed by atoms with van der Waals surface area (Å²) >= 11 is 0. The fourth-order valence-corrected chi connectivity index (χ4v) is 4.69. The molecule has 1 aromatic carbocycles. The van der Waals surface area contributed by atoms with Crippen molar-refractivity contribution in [1.82, 2.24) is 0 Å². The number of benzene rings is 1. The molecule has 1 saturated carbocycles. The summed E-state index contributed by atoms with van der Waals surface area (Å²) in [5.41, 5.74) is 1.47. The SMILES string of the molecule is C[C@]1(C(=O)[O-])CCC[C@]2(C)c3cc(O)ccc3CC[C@@H]12. The highest BCUT2D eigenvalue weighted by Crippen LogP contribution is 2.57. The number of phenols is 1. The topological polar surface area (TPSA) is 60.4 Å². The van der Waals surface area contributed by atoms with Crippen molar-refractivity contribution in [2.45, 2.75) is 51.4 Å². The number of hydrogen-bond donors (Lipinski definition) is 1. The van der Waals surface area contributed by atoms with Gasteiger partial charge in [-0.3, -0.25) is 0 Å². The Morgan fingerprint density at radius 3 is 2.80 bits per heavy atom. The normalized spacial score (nSPS) is 36.0. The molecule has 2 aliphatic rings. The molecule has 0 radical (unpaired) electrons. The van der Waals surface area contributed by atoms with Gasteiger partial charge in [-0.1, -0.05) is 26.3 Å². The Balaban J connectivity index is 2.13. The third-order valence-electron chi connectivity index (χ3n) is 5.81. The zero-order valence-electron chi connectivity index (χ0n) is 12.1. The summed E-state index contributed by atoms with van der Waals surface area (Å²) in [6, 6.07) is 5.54. The quantitative estimate of drug-likeness (QED) is 0.853. The number of aliphatic carboxylic acids is 1. The van der Waals surface area contributed by atoms with E-state index in [4.69, 9.17) is 0 Å². The van der Waals surface area contributed by atoms with E-state index in [1.807, 2.05) is 19.1 Å². The largest absolute Gasteiger partial charge is 0.550 e. The molecule has 2 aliphatic carbocycles. The molecule has 1 aromatic rings. The standard InChI is InChI=1S/C17H22O3/c1-16-8-3-9-17(2,15(19)20)14(16)7-5-11-4-6-12(18)10-13(11)16/h4,6,10,14,18H,3,5,7-9H2,1-2H3,(H,19,20)/p-1/t14-,16-,17+/m1/s1. The Morgan fingerprint density at radius 2 is 2.10 bits per heavy atom. The molecule has 0 aromatic heterocycles. The van der Waals surface area contributed by atoms with Gasteiger partial charge >= 0.3 is 0 Å². The monoisotopic (exact) mass is 273 g/mol. The van der Waals surface area contributed by atoms with E-state index in [1.165, 1.54) is 5.56 Å². The van der Waals surface area contributed by atoms with Crippen LogP contribution in [-0.4, -0.2) is 11.1 Å². The summed E-state index contributed by atoms with van der Waals surface area (Å²) in [5.74, 6) is -0.563. The van der Waals surface area contributed by atoms with Crippen molar-refractivity contribution in [3.63, 3.8) is 0 Å². The van der Waals surface area contributed by atoms with Crippen LogP contribution in [0.4, 0.5) is 0 Å². The molecule has 1 N–H and O–H groups in total. The highest BCUT2D eigenvalue weighted by Gasteiger charge is 2.52. The minimum Gasteiger partial charge on any atom is -0.550 e. The third kappa shape index (κ3) is 1.68. The number of rotatable bonds is 1. The van der Waals surface area contributed by atoms with E-state index in [0.717, 1.165) is 31.2 Å². The first-order chi connectivity index (χ1) is 9.38. The molecule has 3 heteroatoms. The van der Waals surface area contributed by atoms with Crippen LogP contribution >= 0.6 is 0 Å². The molecule has 0 unspecified atom stereocenters. The van der Waals surface area contributed by atoms with Gasteiger partial charge < -0.3 is 15.0 Å². The predicted molar refractivity (Wildman–Crippen MR) is 74.2 cm³/mol. The second-order valence-corrected chi connectivity index (χ2v) is 6.91. The van der Waals surface area contributed by atoms with Crippen LogP contribution in [0.2, 0.25) is 0 Å². The summed E-state index contributed by atoms with van der Waals surface area (Å²) in [6.45, 7) is 4.01. The Hall–Kier alpha value is -1.51. The van der Waals surface area contributed by atoms with E-state index >= 15 is 0 Å². The minimum atomic E-state index is -0.919. The van der Waals surface area contributed by atoms with Crippen molar-refractivity contribution in [2.75, 3.05) is 0 Å². The Morgan fingerprint density at radius 1 is 1.35 bits per heavy atom. The van der Waals surface area contributed by atoms with E-state index in [2.05, 4.69) is 6.92 Å². The number of aromatic hydroxyl groups is 1. The van der Waals surface area contributed by atoms with Crippen molar-refractivity contribution in [3.05, 3.63) is 29.3 Å². The van der Waals surface area contributed by atoms with E-state index < -0.39 is 11.4 Å². The molecule has 108 valence electrons. The smallest absolute Gasteiger partial charge is 0.115 e. The van der Waals surface area contributed by atoms with Gasteiger partial charge in [-0.25, -0.2) is 0 Å². The maximum absolute atomic E-state index is 11.7. The predicted octanol–water partition coefficient (Wildman–Crippen LogP) is 2.15. The summed E-state index contributed by atoms with van der Waals surface area (Å²) in [7, 11) is 0. The second-order valence-electron chi connectivity index (χ2n) is 6.91. The minimum absolute atomic E-state index is 0.0862. The highest BCUT2D eigenvalue weighted by atomic mass is 16.4. The van der Waals surface area contributed by atoms with Crippen molar-refractivity contribution < 1.29 is 15.0 Å². The van der Waals surface area contributed by atoms with Crippen molar-refractivity contribution in [2.24, 2.45) is 11.3 Å². The van der Waals surface area contributed by atoms with Crippen molar-refractivity contribution in [3.8, 4) is 5.75 Å². The fourth-order valence-electron chi connectivity index (χ4n) is 4.69. The summed E-state index contributed by atoms with van der Waals surface area (Å²) in [6.07, 6.45) is 4.35. The molecule has 0 aliphatic heterocycles. The number of fused-ring (bicyclic) bond motifs is 3. The molecular formula is C17H21O3-. The first kappa shape index (κ1) is 13.5. The van der Waals surface area contributed by atoms with Gasteiger partial charge in [-0.15, -0.1) is 0 Å². The highest BCUT2D eigenvalue weighted by molar-refractivity contribution is 5.73. The Bertz CT molecular complexity index is 565.